The first-order valence-corrected chi connectivity index (χ1v) is 5.71. The summed E-state index contributed by atoms with van der Waals surface area (Å²) in [6, 6.07) is -0.107. The zero-order valence-electron chi connectivity index (χ0n) is 10.0. The Morgan fingerprint density at radius 2 is 2.19 bits per heavy atom. The number of aliphatic hydroxyl groups excluding tert-OH is 1. The Kier molecular flexibility index (Phi) is 2.70. The zero-order chi connectivity index (χ0) is 11.9. The van der Waals surface area contributed by atoms with Gasteiger partial charge in [-0.3, -0.25) is 0 Å². The van der Waals surface area contributed by atoms with Crippen LogP contribution < -0.4 is 0 Å². The molecule has 0 saturated carbocycles. The third-order valence-electron chi connectivity index (χ3n) is 3.14. The van der Waals surface area contributed by atoms with Crippen LogP contribution in [0, 0.1) is 11.8 Å². The predicted molar refractivity (Wildman–Crippen MR) is 59.9 cm³/mol. The maximum atomic E-state index is 11.9. The minimum absolute atomic E-state index is 0.00471. The molecule has 1 amide bonds. The van der Waals surface area contributed by atoms with Crippen LogP contribution in [0.25, 0.3) is 0 Å². The van der Waals surface area contributed by atoms with Crippen molar-refractivity contribution in [2.24, 2.45) is 11.8 Å². The van der Waals surface area contributed by atoms with Crippen molar-refractivity contribution in [3.63, 3.8) is 0 Å². The quantitative estimate of drug-likeness (QED) is 0.686. The highest BCUT2D eigenvalue weighted by molar-refractivity contribution is 5.69. The van der Waals surface area contributed by atoms with Crippen LogP contribution in [0.2, 0.25) is 0 Å². The fraction of sp³-hybridized carbons (Fsp3) is 0.750. The number of carbonyl (C=O) groups excluding carboxylic acids is 1. The van der Waals surface area contributed by atoms with E-state index < -0.39 is 5.60 Å². The van der Waals surface area contributed by atoms with Crippen LogP contribution >= 0.6 is 0 Å². The molecule has 0 aromatic rings. The lowest BCUT2D eigenvalue weighted by Gasteiger charge is -2.29. The summed E-state index contributed by atoms with van der Waals surface area (Å²) in [5.74, 6) is 0.724. The van der Waals surface area contributed by atoms with E-state index in [1.54, 1.807) is 4.90 Å². The van der Waals surface area contributed by atoms with Gasteiger partial charge in [-0.25, -0.2) is 4.79 Å². The summed E-state index contributed by atoms with van der Waals surface area (Å²) in [6.45, 7) is 6.22. The lowest BCUT2D eigenvalue weighted by molar-refractivity contribution is 0.0159. The van der Waals surface area contributed by atoms with E-state index >= 15 is 0 Å². The van der Waals surface area contributed by atoms with Gasteiger partial charge in [0, 0.05) is 18.4 Å². The number of fused-ring (bicyclic) bond motifs is 1. The molecule has 0 bridgehead atoms. The molecule has 90 valence electrons. The van der Waals surface area contributed by atoms with Crippen molar-refractivity contribution in [3.8, 4) is 0 Å². The summed E-state index contributed by atoms with van der Waals surface area (Å²) in [5.41, 5.74) is -0.480. The van der Waals surface area contributed by atoms with Gasteiger partial charge in [0.15, 0.2) is 0 Å². The number of amides is 1. The van der Waals surface area contributed by atoms with E-state index in [-0.39, 0.29) is 18.7 Å². The standard InChI is InChI=1S/C12H19NO3/c1-12(2,3)16-11(15)13-6-8-4-5-9(8)10(13)7-14/h4-5,8-10,14H,6-7H2,1-3H3/t8-,9-,10-/m0/s1. The molecule has 0 radical (unpaired) electrons. The fourth-order valence-electron chi connectivity index (χ4n) is 2.31. The van der Waals surface area contributed by atoms with Gasteiger partial charge in [-0.15, -0.1) is 0 Å². The Bertz CT molecular complexity index is 319. The number of carbonyl (C=O) groups is 1. The van der Waals surface area contributed by atoms with Gasteiger partial charge < -0.3 is 14.7 Å². The highest BCUT2D eigenvalue weighted by atomic mass is 16.6. The summed E-state index contributed by atoms with van der Waals surface area (Å²) < 4.78 is 5.33. The molecular weight excluding hydrogens is 206 g/mol. The van der Waals surface area contributed by atoms with E-state index in [2.05, 4.69) is 12.2 Å². The topological polar surface area (TPSA) is 49.8 Å². The summed E-state index contributed by atoms with van der Waals surface area (Å²) >= 11 is 0. The van der Waals surface area contributed by atoms with Crippen LogP contribution in [0.15, 0.2) is 12.2 Å². The smallest absolute Gasteiger partial charge is 0.410 e. The second-order valence-electron chi connectivity index (χ2n) is 5.51. The lowest BCUT2D eigenvalue weighted by Crippen LogP contribution is -2.43. The van der Waals surface area contributed by atoms with Gasteiger partial charge in [0.05, 0.1) is 12.6 Å². The van der Waals surface area contributed by atoms with Gasteiger partial charge in [-0.1, -0.05) is 12.2 Å². The molecule has 2 rings (SSSR count). The zero-order valence-corrected chi connectivity index (χ0v) is 10.0. The van der Waals surface area contributed by atoms with Gasteiger partial charge in [-0.2, -0.15) is 0 Å². The van der Waals surface area contributed by atoms with Crippen LogP contribution in [-0.4, -0.2) is 40.9 Å². The molecule has 0 unspecified atom stereocenters. The first-order chi connectivity index (χ1) is 7.42. The van der Waals surface area contributed by atoms with E-state index in [0.29, 0.717) is 18.4 Å². The normalized spacial score (nSPS) is 32.2. The molecule has 1 aliphatic heterocycles. The summed E-state index contributed by atoms with van der Waals surface area (Å²) in [6.07, 6.45) is 3.84. The van der Waals surface area contributed by atoms with Crippen molar-refractivity contribution < 1.29 is 14.6 Å². The van der Waals surface area contributed by atoms with Gasteiger partial charge in [0.2, 0.25) is 0 Å². The van der Waals surface area contributed by atoms with Crippen LogP contribution in [0.1, 0.15) is 20.8 Å². The van der Waals surface area contributed by atoms with Crippen molar-refractivity contribution in [2.45, 2.75) is 32.4 Å². The van der Waals surface area contributed by atoms with Crippen LogP contribution in [-0.2, 0) is 4.74 Å². The van der Waals surface area contributed by atoms with Crippen LogP contribution in [0.3, 0.4) is 0 Å². The third kappa shape index (κ3) is 1.94. The van der Waals surface area contributed by atoms with E-state index in [4.69, 9.17) is 4.74 Å². The Morgan fingerprint density at radius 3 is 2.62 bits per heavy atom. The molecule has 16 heavy (non-hydrogen) atoms. The molecule has 4 nitrogen and oxygen atoms in total. The summed E-state index contributed by atoms with van der Waals surface area (Å²) in [5, 5.41) is 9.32. The van der Waals surface area contributed by atoms with E-state index in [0.717, 1.165) is 0 Å². The Balaban J connectivity index is 2.02. The largest absolute Gasteiger partial charge is 0.444 e. The minimum Gasteiger partial charge on any atom is -0.444 e. The van der Waals surface area contributed by atoms with Crippen molar-refractivity contribution in [2.75, 3.05) is 13.2 Å². The first-order valence-electron chi connectivity index (χ1n) is 5.71. The monoisotopic (exact) mass is 225 g/mol. The van der Waals surface area contributed by atoms with Gasteiger partial charge in [-0.05, 0) is 20.8 Å². The number of nitrogens with zero attached hydrogens (tertiary/aromatic N) is 1. The van der Waals surface area contributed by atoms with Crippen molar-refractivity contribution in [3.05, 3.63) is 12.2 Å². The molecular formula is C12H19NO3. The molecule has 1 saturated heterocycles. The second kappa shape index (κ2) is 3.77. The average Bonchev–Trinajstić information content (AvgIpc) is 2.35. The first kappa shape index (κ1) is 11.5. The number of hydrogen-bond donors (Lipinski definition) is 1. The average molecular weight is 225 g/mol. The molecule has 1 heterocycles. The number of ether oxygens (including phenoxy) is 1. The van der Waals surface area contributed by atoms with Crippen LogP contribution in [0.5, 0.6) is 0 Å². The molecule has 1 aliphatic carbocycles. The molecule has 0 aromatic heterocycles. The predicted octanol–water partition coefficient (Wildman–Crippen LogP) is 1.40. The SMILES string of the molecule is CC(C)(C)OC(=O)N1C[C@@H]2C=C[C@@H]2[C@@H]1CO. The molecule has 0 spiro atoms. The molecule has 2 aliphatic rings. The molecule has 1 fully saturated rings. The second-order valence-corrected chi connectivity index (χ2v) is 5.51. The van der Waals surface area contributed by atoms with E-state index in [1.165, 1.54) is 0 Å². The number of aliphatic hydroxyl groups is 1. The van der Waals surface area contributed by atoms with Crippen molar-refractivity contribution in [1.82, 2.24) is 4.90 Å². The van der Waals surface area contributed by atoms with E-state index in [9.17, 15) is 9.90 Å². The van der Waals surface area contributed by atoms with Crippen LogP contribution in [0.4, 0.5) is 4.79 Å². The minimum atomic E-state index is -0.480. The Hall–Kier alpha value is -1.03. The highest BCUT2D eigenvalue weighted by Gasteiger charge is 2.46. The van der Waals surface area contributed by atoms with Gasteiger partial charge in [0.1, 0.15) is 5.60 Å². The van der Waals surface area contributed by atoms with Crippen molar-refractivity contribution in [1.29, 1.82) is 0 Å². The molecule has 3 atom stereocenters. The molecule has 0 aromatic carbocycles. The summed E-state index contributed by atoms with van der Waals surface area (Å²) in [7, 11) is 0. The lowest BCUT2D eigenvalue weighted by atomic mass is 9.81. The number of hydrogen-bond acceptors (Lipinski definition) is 3. The van der Waals surface area contributed by atoms with E-state index in [1.807, 2.05) is 20.8 Å². The Morgan fingerprint density at radius 1 is 1.50 bits per heavy atom. The maximum Gasteiger partial charge on any atom is 0.410 e. The molecule has 1 N–H and O–H groups in total. The Labute approximate surface area is 95.9 Å². The summed E-state index contributed by atoms with van der Waals surface area (Å²) in [4.78, 5) is 13.6. The van der Waals surface area contributed by atoms with Gasteiger partial charge in [0.25, 0.3) is 0 Å². The molecule has 4 heteroatoms. The van der Waals surface area contributed by atoms with Gasteiger partial charge >= 0.3 is 6.09 Å². The number of rotatable bonds is 1. The highest BCUT2D eigenvalue weighted by Crippen LogP contribution is 2.38. The third-order valence-corrected chi connectivity index (χ3v) is 3.14. The van der Waals surface area contributed by atoms with Crippen molar-refractivity contribution >= 4 is 6.09 Å². The fourth-order valence-corrected chi connectivity index (χ4v) is 2.31. The number of likely N-dealkylation sites (tertiary alicyclic amines) is 1. The maximum absolute atomic E-state index is 11.9.